The second-order valence-corrected chi connectivity index (χ2v) is 4.86. The van der Waals surface area contributed by atoms with Crippen molar-refractivity contribution in [3.63, 3.8) is 0 Å². The number of aryl methyl sites for hydroxylation is 2. The van der Waals surface area contributed by atoms with Crippen LogP contribution in [0.5, 0.6) is 11.5 Å². The van der Waals surface area contributed by atoms with E-state index in [9.17, 15) is 4.39 Å². The minimum Gasteiger partial charge on any atom is -0.455 e. The standard InChI is InChI=1S/C15H12ClFN2O/c1-8-3-10(7-18)4-9(2)15(8)20-14-5-11(16)12(17)6-13(14)19/h3-6H,19H2,1-2H3. The highest BCUT2D eigenvalue weighted by Crippen LogP contribution is 2.35. The molecule has 0 aromatic heterocycles. The van der Waals surface area contributed by atoms with Crippen molar-refractivity contribution in [2.24, 2.45) is 0 Å². The van der Waals surface area contributed by atoms with E-state index in [4.69, 9.17) is 27.3 Å². The van der Waals surface area contributed by atoms with Crippen LogP contribution >= 0.6 is 11.6 Å². The summed E-state index contributed by atoms with van der Waals surface area (Å²) in [6.45, 7) is 3.65. The number of hydrogen-bond acceptors (Lipinski definition) is 3. The van der Waals surface area contributed by atoms with E-state index in [0.29, 0.717) is 11.3 Å². The van der Waals surface area contributed by atoms with Gasteiger partial charge in [0.2, 0.25) is 0 Å². The van der Waals surface area contributed by atoms with Crippen LogP contribution in [0.3, 0.4) is 0 Å². The zero-order valence-electron chi connectivity index (χ0n) is 11.0. The smallest absolute Gasteiger partial charge is 0.152 e. The van der Waals surface area contributed by atoms with Gasteiger partial charge in [0, 0.05) is 12.1 Å². The molecule has 0 heterocycles. The van der Waals surface area contributed by atoms with Crippen LogP contribution in [-0.4, -0.2) is 0 Å². The molecule has 2 aromatic rings. The zero-order valence-corrected chi connectivity index (χ0v) is 11.8. The highest BCUT2D eigenvalue weighted by Gasteiger charge is 2.12. The molecule has 2 aromatic carbocycles. The molecule has 2 N–H and O–H groups in total. The van der Waals surface area contributed by atoms with E-state index in [1.54, 1.807) is 12.1 Å². The maximum Gasteiger partial charge on any atom is 0.152 e. The fourth-order valence-corrected chi connectivity index (χ4v) is 2.07. The van der Waals surface area contributed by atoms with Gasteiger partial charge in [-0.1, -0.05) is 11.6 Å². The first-order valence-corrected chi connectivity index (χ1v) is 6.24. The number of benzene rings is 2. The SMILES string of the molecule is Cc1cc(C#N)cc(C)c1Oc1cc(Cl)c(F)cc1N. The van der Waals surface area contributed by atoms with Gasteiger partial charge in [-0.2, -0.15) is 5.26 Å². The third kappa shape index (κ3) is 2.68. The van der Waals surface area contributed by atoms with Crippen molar-refractivity contribution in [3.8, 4) is 17.6 Å². The molecular formula is C15H12ClFN2O. The molecule has 20 heavy (non-hydrogen) atoms. The molecule has 3 nitrogen and oxygen atoms in total. The van der Waals surface area contributed by atoms with Crippen LogP contribution in [0.1, 0.15) is 16.7 Å². The number of halogens is 2. The van der Waals surface area contributed by atoms with Crippen molar-refractivity contribution >= 4 is 17.3 Å². The van der Waals surface area contributed by atoms with Gasteiger partial charge in [0.25, 0.3) is 0 Å². The van der Waals surface area contributed by atoms with Crippen molar-refractivity contribution in [1.82, 2.24) is 0 Å². The lowest BCUT2D eigenvalue weighted by atomic mass is 10.1. The van der Waals surface area contributed by atoms with E-state index in [-0.39, 0.29) is 16.5 Å². The van der Waals surface area contributed by atoms with Gasteiger partial charge in [-0.25, -0.2) is 4.39 Å². The summed E-state index contributed by atoms with van der Waals surface area (Å²) in [4.78, 5) is 0. The van der Waals surface area contributed by atoms with E-state index in [0.717, 1.165) is 17.2 Å². The number of ether oxygens (including phenoxy) is 1. The fraction of sp³-hybridized carbons (Fsp3) is 0.133. The fourth-order valence-electron chi connectivity index (χ4n) is 1.92. The molecule has 0 bridgehead atoms. The zero-order chi connectivity index (χ0) is 14.9. The van der Waals surface area contributed by atoms with Gasteiger partial charge in [0.15, 0.2) is 5.75 Å². The number of rotatable bonds is 2. The molecule has 0 aliphatic carbocycles. The minimum absolute atomic E-state index is 0.0573. The normalized spacial score (nSPS) is 10.2. The summed E-state index contributed by atoms with van der Waals surface area (Å²) in [5.41, 5.74) is 8.02. The summed E-state index contributed by atoms with van der Waals surface area (Å²) >= 11 is 5.73. The van der Waals surface area contributed by atoms with Crippen LogP contribution in [0.4, 0.5) is 10.1 Å². The molecule has 0 atom stereocenters. The molecule has 5 heteroatoms. The number of nitrogen functional groups attached to an aromatic ring is 1. The van der Waals surface area contributed by atoms with Crippen LogP contribution in [0.2, 0.25) is 5.02 Å². The molecule has 0 radical (unpaired) electrons. The third-order valence-electron chi connectivity index (χ3n) is 2.85. The van der Waals surface area contributed by atoms with Gasteiger partial charge < -0.3 is 10.5 Å². The summed E-state index contributed by atoms with van der Waals surface area (Å²) in [5.74, 6) is 0.274. The number of hydrogen-bond donors (Lipinski definition) is 1. The first-order chi connectivity index (χ1) is 9.42. The number of nitriles is 1. The average molecular weight is 291 g/mol. The van der Waals surface area contributed by atoms with Gasteiger partial charge >= 0.3 is 0 Å². The first kappa shape index (κ1) is 14.2. The van der Waals surface area contributed by atoms with E-state index in [1.807, 2.05) is 13.8 Å². The maximum atomic E-state index is 13.3. The van der Waals surface area contributed by atoms with Gasteiger partial charge in [-0.3, -0.25) is 0 Å². The Labute approximate surface area is 121 Å². The van der Waals surface area contributed by atoms with Crippen molar-refractivity contribution < 1.29 is 9.13 Å². The molecule has 0 aliphatic heterocycles. The second kappa shape index (κ2) is 5.40. The minimum atomic E-state index is -0.593. The first-order valence-electron chi connectivity index (χ1n) is 5.86. The van der Waals surface area contributed by atoms with Crippen LogP contribution < -0.4 is 10.5 Å². The Morgan fingerprint density at radius 2 is 1.80 bits per heavy atom. The molecule has 2 rings (SSSR count). The molecular weight excluding hydrogens is 279 g/mol. The van der Waals surface area contributed by atoms with Crippen molar-refractivity contribution in [3.05, 3.63) is 51.8 Å². The van der Waals surface area contributed by atoms with E-state index in [1.165, 1.54) is 6.07 Å². The van der Waals surface area contributed by atoms with E-state index in [2.05, 4.69) is 6.07 Å². The van der Waals surface area contributed by atoms with Gasteiger partial charge in [0.1, 0.15) is 11.6 Å². The van der Waals surface area contributed by atoms with Gasteiger partial charge in [0.05, 0.1) is 22.3 Å². The summed E-state index contributed by atoms with van der Waals surface area (Å²) in [6, 6.07) is 7.95. The molecule has 102 valence electrons. The van der Waals surface area contributed by atoms with Crippen LogP contribution in [0.25, 0.3) is 0 Å². The lowest BCUT2D eigenvalue weighted by Gasteiger charge is -2.14. The summed E-state index contributed by atoms with van der Waals surface area (Å²) < 4.78 is 19.0. The van der Waals surface area contributed by atoms with Crippen molar-refractivity contribution in [1.29, 1.82) is 5.26 Å². The molecule has 0 fully saturated rings. The highest BCUT2D eigenvalue weighted by atomic mass is 35.5. The lowest BCUT2D eigenvalue weighted by molar-refractivity contribution is 0.475. The predicted octanol–water partition coefficient (Wildman–Crippen LogP) is 4.34. The predicted molar refractivity (Wildman–Crippen MR) is 76.5 cm³/mol. The Kier molecular flexibility index (Phi) is 3.82. The molecule has 0 saturated carbocycles. The van der Waals surface area contributed by atoms with Crippen molar-refractivity contribution in [2.75, 3.05) is 5.73 Å². The average Bonchev–Trinajstić information content (AvgIpc) is 2.39. The Hall–Kier alpha value is -2.25. The third-order valence-corrected chi connectivity index (χ3v) is 3.14. The van der Waals surface area contributed by atoms with Crippen molar-refractivity contribution in [2.45, 2.75) is 13.8 Å². The highest BCUT2D eigenvalue weighted by molar-refractivity contribution is 6.31. The quantitative estimate of drug-likeness (QED) is 0.837. The Morgan fingerprint density at radius 1 is 1.20 bits per heavy atom. The Bertz CT molecular complexity index is 700. The summed E-state index contributed by atoms with van der Waals surface area (Å²) in [5, 5.41) is 8.85. The Morgan fingerprint density at radius 3 is 2.35 bits per heavy atom. The van der Waals surface area contributed by atoms with E-state index < -0.39 is 5.82 Å². The van der Waals surface area contributed by atoms with Crippen LogP contribution in [0, 0.1) is 31.0 Å². The van der Waals surface area contributed by atoms with Crippen LogP contribution in [0.15, 0.2) is 24.3 Å². The van der Waals surface area contributed by atoms with Gasteiger partial charge in [-0.05, 0) is 37.1 Å². The largest absolute Gasteiger partial charge is 0.455 e. The summed E-state index contributed by atoms with van der Waals surface area (Å²) in [7, 11) is 0. The number of nitrogens with zero attached hydrogens (tertiary/aromatic N) is 1. The monoisotopic (exact) mass is 290 g/mol. The molecule has 0 unspecified atom stereocenters. The van der Waals surface area contributed by atoms with Gasteiger partial charge in [-0.15, -0.1) is 0 Å². The lowest BCUT2D eigenvalue weighted by Crippen LogP contribution is -1.97. The molecule has 0 saturated heterocycles. The number of anilines is 1. The molecule has 0 spiro atoms. The maximum absolute atomic E-state index is 13.3. The topological polar surface area (TPSA) is 59.0 Å². The second-order valence-electron chi connectivity index (χ2n) is 4.46. The molecule has 0 amide bonds. The molecule has 0 aliphatic rings. The Balaban J connectivity index is 2.46. The van der Waals surface area contributed by atoms with E-state index >= 15 is 0 Å². The van der Waals surface area contributed by atoms with Crippen LogP contribution in [-0.2, 0) is 0 Å². The number of nitrogens with two attached hydrogens (primary N) is 1. The summed E-state index contributed by atoms with van der Waals surface area (Å²) in [6.07, 6.45) is 0.